The third-order valence-corrected chi connectivity index (χ3v) is 6.58. The highest BCUT2D eigenvalue weighted by molar-refractivity contribution is 5.65. The van der Waals surface area contributed by atoms with E-state index >= 15 is 0 Å². The summed E-state index contributed by atoms with van der Waals surface area (Å²) in [6, 6.07) is 12.7. The van der Waals surface area contributed by atoms with Gasteiger partial charge in [-0.2, -0.15) is 5.10 Å². The molecule has 3 rings (SSSR count). The van der Waals surface area contributed by atoms with Crippen LogP contribution >= 0.6 is 0 Å². The maximum Gasteiger partial charge on any atom is 0.151 e. The van der Waals surface area contributed by atoms with Gasteiger partial charge in [-0.1, -0.05) is 82.2 Å². The van der Waals surface area contributed by atoms with E-state index in [0.717, 1.165) is 54.6 Å². The molecule has 36 heavy (non-hydrogen) atoms. The largest absolute Gasteiger partial charge is 0.369 e. The van der Waals surface area contributed by atoms with Gasteiger partial charge in [0.15, 0.2) is 5.82 Å². The van der Waals surface area contributed by atoms with Crippen LogP contribution in [-0.2, 0) is 0 Å². The van der Waals surface area contributed by atoms with E-state index < -0.39 is 0 Å². The summed E-state index contributed by atoms with van der Waals surface area (Å²) in [5, 5.41) is 12.3. The van der Waals surface area contributed by atoms with E-state index in [1.54, 1.807) is 0 Å². The molecule has 2 heterocycles. The number of nitrogens with one attached hydrogen (secondary N) is 1. The molecule has 0 spiro atoms. The number of hydrogen-bond acceptors (Lipinski definition) is 6. The van der Waals surface area contributed by atoms with Crippen LogP contribution in [-0.4, -0.2) is 39.8 Å². The van der Waals surface area contributed by atoms with Crippen LogP contribution in [0.1, 0.15) is 82.5 Å². The monoisotopic (exact) mass is 488 g/mol. The number of aryl methyl sites for hydroxylation is 2. The summed E-state index contributed by atoms with van der Waals surface area (Å²) < 4.78 is 0. The van der Waals surface area contributed by atoms with Crippen LogP contribution in [0.15, 0.2) is 48.8 Å². The van der Waals surface area contributed by atoms with E-state index in [1.807, 2.05) is 26.2 Å². The first-order chi connectivity index (χ1) is 17.7. The molecule has 0 aliphatic carbocycles. The fourth-order valence-corrected chi connectivity index (χ4v) is 4.42. The molecule has 0 fully saturated rings. The second-order valence-corrected chi connectivity index (χ2v) is 9.71. The second-order valence-electron chi connectivity index (χ2n) is 9.71. The van der Waals surface area contributed by atoms with Crippen molar-refractivity contribution in [3.63, 3.8) is 0 Å². The summed E-state index contributed by atoms with van der Waals surface area (Å²) in [6.07, 6.45) is 16.2. The average molecular weight is 489 g/mol. The van der Waals surface area contributed by atoms with Crippen molar-refractivity contribution in [2.24, 2.45) is 0 Å². The Morgan fingerprint density at radius 3 is 2.22 bits per heavy atom. The highest BCUT2D eigenvalue weighted by Crippen LogP contribution is 2.23. The lowest BCUT2D eigenvalue weighted by Crippen LogP contribution is -2.27. The molecule has 194 valence electrons. The molecule has 0 radical (unpaired) electrons. The zero-order chi connectivity index (χ0) is 25.4. The van der Waals surface area contributed by atoms with Crippen LogP contribution < -0.4 is 10.2 Å². The van der Waals surface area contributed by atoms with Crippen molar-refractivity contribution in [1.29, 1.82) is 0 Å². The van der Waals surface area contributed by atoms with Crippen molar-refractivity contribution in [2.45, 2.75) is 85.0 Å². The quantitative estimate of drug-likeness (QED) is 0.200. The molecule has 0 saturated heterocycles. The van der Waals surface area contributed by atoms with E-state index in [-0.39, 0.29) is 0 Å². The lowest BCUT2D eigenvalue weighted by Gasteiger charge is -2.24. The molecule has 0 saturated carbocycles. The van der Waals surface area contributed by atoms with Gasteiger partial charge in [0.05, 0.1) is 17.6 Å². The normalized spacial score (nSPS) is 11.0. The summed E-state index contributed by atoms with van der Waals surface area (Å²) >= 11 is 0. The van der Waals surface area contributed by atoms with E-state index in [4.69, 9.17) is 0 Å². The number of aromatic nitrogens is 4. The molecule has 6 heteroatoms. The molecule has 0 atom stereocenters. The molecular formula is C30H44N6. The molecule has 1 aromatic carbocycles. The Balaban J connectivity index is 1.44. The predicted molar refractivity (Wildman–Crippen MR) is 152 cm³/mol. The number of benzene rings is 1. The molecule has 3 aromatic rings. The third kappa shape index (κ3) is 9.56. The minimum absolute atomic E-state index is 0.920. The standard InChI is InChI=1S/C30H44N6/c1-4-5-6-9-15-20-36(29-22-28(24-33-35-29)27-17-12-11-13-18-27)21-16-10-7-8-14-19-31-30-26(3)32-23-25(2)34-30/h11-13,17-18,22-24H,4-10,14-16,19-21H2,1-3H3,(H,31,34). The smallest absolute Gasteiger partial charge is 0.151 e. The number of anilines is 2. The van der Waals surface area contributed by atoms with Crippen LogP contribution in [0.2, 0.25) is 0 Å². The van der Waals surface area contributed by atoms with Gasteiger partial charge in [-0.3, -0.25) is 4.98 Å². The molecular weight excluding hydrogens is 444 g/mol. The van der Waals surface area contributed by atoms with Crippen molar-refractivity contribution in [3.05, 3.63) is 60.2 Å². The Hall–Kier alpha value is -3.02. The number of rotatable bonds is 17. The van der Waals surface area contributed by atoms with Gasteiger partial charge in [-0.05, 0) is 44.7 Å². The molecule has 0 aliphatic heterocycles. The van der Waals surface area contributed by atoms with Gasteiger partial charge in [0.2, 0.25) is 0 Å². The molecule has 0 unspecified atom stereocenters. The SMILES string of the molecule is CCCCCCCN(CCCCCCCNc1nc(C)cnc1C)c1cc(-c2ccccc2)cnn1. The third-order valence-electron chi connectivity index (χ3n) is 6.58. The Bertz CT molecular complexity index is 1010. The number of unbranched alkanes of at least 4 members (excludes halogenated alkanes) is 8. The van der Waals surface area contributed by atoms with Gasteiger partial charge in [0.25, 0.3) is 0 Å². The van der Waals surface area contributed by atoms with Crippen LogP contribution in [0.4, 0.5) is 11.6 Å². The van der Waals surface area contributed by atoms with Crippen molar-refractivity contribution >= 4 is 11.6 Å². The average Bonchev–Trinajstić information content (AvgIpc) is 2.91. The molecule has 2 aromatic heterocycles. The van der Waals surface area contributed by atoms with E-state index in [2.05, 4.69) is 73.7 Å². The molecule has 0 bridgehead atoms. The predicted octanol–water partition coefficient (Wildman–Crippen LogP) is 7.39. The first-order valence-corrected chi connectivity index (χ1v) is 13.8. The second kappa shape index (κ2) is 15.9. The minimum atomic E-state index is 0.920. The van der Waals surface area contributed by atoms with Crippen LogP contribution in [0.5, 0.6) is 0 Å². The van der Waals surface area contributed by atoms with Crippen molar-refractivity contribution in [3.8, 4) is 11.1 Å². The summed E-state index contributed by atoms with van der Waals surface area (Å²) in [5.74, 6) is 1.93. The molecule has 0 aliphatic rings. The first-order valence-electron chi connectivity index (χ1n) is 13.8. The van der Waals surface area contributed by atoms with E-state index in [9.17, 15) is 0 Å². The van der Waals surface area contributed by atoms with E-state index in [0.29, 0.717) is 0 Å². The number of nitrogens with zero attached hydrogens (tertiary/aromatic N) is 5. The number of hydrogen-bond donors (Lipinski definition) is 1. The van der Waals surface area contributed by atoms with E-state index in [1.165, 1.54) is 63.4 Å². The minimum Gasteiger partial charge on any atom is -0.369 e. The summed E-state index contributed by atoms with van der Waals surface area (Å²) in [5.41, 5.74) is 4.25. The fourth-order valence-electron chi connectivity index (χ4n) is 4.42. The highest BCUT2D eigenvalue weighted by atomic mass is 15.3. The Morgan fingerprint density at radius 1 is 0.778 bits per heavy atom. The fraction of sp³-hybridized carbons (Fsp3) is 0.533. The van der Waals surface area contributed by atoms with Crippen molar-refractivity contribution in [2.75, 3.05) is 29.9 Å². The Labute approximate surface area is 218 Å². The summed E-state index contributed by atoms with van der Waals surface area (Å²) in [6.45, 7) is 9.30. The highest BCUT2D eigenvalue weighted by Gasteiger charge is 2.10. The lowest BCUT2D eigenvalue weighted by atomic mass is 10.1. The maximum atomic E-state index is 4.54. The van der Waals surface area contributed by atoms with Gasteiger partial charge in [-0.15, -0.1) is 5.10 Å². The first kappa shape index (κ1) is 27.6. The Morgan fingerprint density at radius 2 is 1.47 bits per heavy atom. The molecule has 1 N–H and O–H groups in total. The zero-order valence-electron chi connectivity index (χ0n) is 22.5. The zero-order valence-corrected chi connectivity index (χ0v) is 22.5. The van der Waals surface area contributed by atoms with Crippen LogP contribution in [0.3, 0.4) is 0 Å². The van der Waals surface area contributed by atoms with Crippen molar-refractivity contribution < 1.29 is 0 Å². The van der Waals surface area contributed by atoms with Gasteiger partial charge in [-0.25, -0.2) is 4.98 Å². The Kier molecular flexibility index (Phi) is 12.2. The maximum absolute atomic E-state index is 4.54. The summed E-state index contributed by atoms with van der Waals surface area (Å²) in [7, 11) is 0. The van der Waals surface area contributed by atoms with Crippen LogP contribution in [0.25, 0.3) is 11.1 Å². The topological polar surface area (TPSA) is 66.8 Å². The summed E-state index contributed by atoms with van der Waals surface area (Å²) in [4.78, 5) is 11.4. The van der Waals surface area contributed by atoms with Gasteiger partial charge >= 0.3 is 0 Å². The molecule has 6 nitrogen and oxygen atoms in total. The van der Waals surface area contributed by atoms with Crippen LogP contribution in [0, 0.1) is 13.8 Å². The van der Waals surface area contributed by atoms with Gasteiger partial charge < -0.3 is 10.2 Å². The lowest BCUT2D eigenvalue weighted by molar-refractivity contribution is 0.583. The van der Waals surface area contributed by atoms with Gasteiger partial charge in [0, 0.05) is 31.4 Å². The van der Waals surface area contributed by atoms with Crippen molar-refractivity contribution in [1.82, 2.24) is 20.2 Å². The van der Waals surface area contributed by atoms with Gasteiger partial charge in [0.1, 0.15) is 5.82 Å². The molecule has 0 amide bonds.